The number of hydrogen-bond donors (Lipinski definition) is 0. The van der Waals surface area contributed by atoms with Crippen LogP contribution in [0.25, 0.3) is 0 Å². The summed E-state index contributed by atoms with van der Waals surface area (Å²) in [5, 5.41) is 0. The molecule has 0 N–H and O–H groups in total. The highest BCUT2D eigenvalue weighted by atomic mass is 32.2. The van der Waals surface area contributed by atoms with E-state index in [1.165, 1.54) is 25.3 Å². The van der Waals surface area contributed by atoms with Crippen molar-refractivity contribution in [2.24, 2.45) is 0 Å². The predicted molar refractivity (Wildman–Crippen MR) is 129 cm³/mol. The molecular formula is C27H25FO7S. The molecule has 0 saturated heterocycles. The number of carbonyl (C=O) groups is 1. The number of halogens is 1. The Morgan fingerprint density at radius 1 is 1.08 bits per heavy atom. The van der Waals surface area contributed by atoms with Crippen LogP contribution in [0.1, 0.15) is 41.6 Å². The Kier molecular flexibility index (Phi) is 6.34. The van der Waals surface area contributed by atoms with Gasteiger partial charge in [0.25, 0.3) is 0 Å². The fraction of sp³-hybridized carbons (Fsp3) is 0.296. The minimum absolute atomic E-state index is 0.0719. The van der Waals surface area contributed by atoms with Gasteiger partial charge in [0.2, 0.25) is 0 Å². The largest absolute Gasteiger partial charge is 0.492 e. The number of benzene rings is 3. The normalized spacial score (nSPS) is 18.2. The van der Waals surface area contributed by atoms with Crippen molar-refractivity contribution in [3.8, 4) is 23.0 Å². The Hall–Kier alpha value is -3.59. The number of methoxy groups -OCH3 is 1. The molecule has 5 rings (SSSR count). The Morgan fingerprint density at radius 2 is 1.83 bits per heavy atom. The molecule has 0 spiro atoms. The summed E-state index contributed by atoms with van der Waals surface area (Å²) in [5.74, 6) is 1.42. The van der Waals surface area contributed by atoms with Gasteiger partial charge in [-0.1, -0.05) is 6.07 Å². The van der Waals surface area contributed by atoms with E-state index >= 15 is 0 Å². The zero-order valence-corrected chi connectivity index (χ0v) is 20.6. The van der Waals surface area contributed by atoms with E-state index in [9.17, 15) is 17.6 Å². The standard InChI is InChI=1S/C27H25FO7S/c1-32-26(29)13-16-15-33-25-14-18(5-8-20(16)25)35-24-11-9-21-23(12-10-22(28)27(21)24)34-17-3-6-19(7-4-17)36(2,30)31/h3-8,10,12,14,16,24H,9,11,13,15H2,1-2H3/t16?,24-/m1/s1. The third-order valence-corrected chi connectivity index (χ3v) is 7.63. The molecule has 2 atom stereocenters. The fourth-order valence-electron chi connectivity index (χ4n) is 4.69. The van der Waals surface area contributed by atoms with Crippen molar-refractivity contribution in [3.63, 3.8) is 0 Å². The van der Waals surface area contributed by atoms with Crippen LogP contribution in [0, 0.1) is 5.82 Å². The Bertz CT molecular complexity index is 1420. The van der Waals surface area contributed by atoms with Crippen molar-refractivity contribution >= 4 is 15.8 Å². The van der Waals surface area contributed by atoms with Gasteiger partial charge in [-0.05, 0) is 55.3 Å². The summed E-state index contributed by atoms with van der Waals surface area (Å²) in [5.41, 5.74) is 2.09. The van der Waals surface area contributed by atoms with Gasteiger partial charge in [0.1, 0.15) is 34.9 Å². The van der Waals surface area contributed by atoms with E-state index in [1.54, 1.807) is 30.3 Å². The van der Waals surface area contributed by atoms with Crippen LogP contribution < -0.4 is 14.2 Å². The smallest absolute Gasteiger partial charge is 0.306 e. The second kappa shape index (κ2) is 9.46. The molecule has 0 saturated carbocycles. The number of ether oxygens (including phenoxy) is 4. The van der Waals surface area contributed by atoms with Crippen molar-refractivity contribution in [3.05, 3.63) is 77.1 Å². The van der Waals surface area contributed by atoms with Gasteiger partial charge in [-0.2, -0.15) is 0 Å². The molecule has 1 unspecified atom stereocenters. The van der Waals surface area contributed by atoms with Crippen molar-refractivity contribution in [1.29, 1.82) is 0 Å². The lowest BCUT2D eigenvalue weighted by Crippen LogP contribution is -2.09. The second-order valence-electron chi connectivity index (χ2n) is 8.92. The maximum atomic E-state index is 14.9. The van der Waals surface area contributed by atoms with E-state index in [2.05, 4.69) is 0 Å². The van der Waals surface area contributed by atoms with E-state index in [4.69, 9.17) is 18.9 Å². The molecule has 0 radical (unpaired) electrons. The average Bonchev–Trinajstić information content (AvgIpc) is 3.45. The molecule has 0 bridgehead atoms. The van der Waals surface area contributed by atoms with E-state index < -0.39 is 15.9 Å². The van der Waals surface area contributed by atoms with Crippen LogP contribution in [0.4, 0.5) is 4.39 Å². The van der Waals surface area contributed by atoms with Gasteiger partial charge >= 0.3 is 5.97 Å². The number of carbonyl (C=O) groups excluding carboxylic acids is 1. The van der Waals surface area contributed by atoms with E-state index in [1.807, 2.05) is 6.07 Å². The van der Waals surface area contributed by atoms with Crippen LogP contribution in [-0.4, -0.2) is 34.4 Å². The summed E-state index contributed by atoms with van der Waals surface area (Å²) in [6.07, 6.45) is 2.02. The minimum atomic E-state index is -3.31. The number of rotatable bonds is 7. The highest BCUT2D eigenvalue weighted by Crippen LogP contribution is 2.44. The third-order valence-electron chi connectivity index (χ3n) is 6.50. The summed E-state index contributed by atoms with van der Waals surface area (Å²) in [4.78, 5) is 11.8. The molecule has 1 heterocycles. The molecule has 0 aromatic heterocycles. The van der Waals surface area contributed by atoms with Gasteiger partial charge in [0.05, 0.1) is 25.0 Å². The fourth-order valence-corrected chi connectivity index (χ4v) is 5.32. The van der Waals surface area contributed by atoms with Crippen LogP contribution in [0.3, 0.4) is 0 Å². The zero-order valence-electron chi connectivity index (χ0n) is 19.8. The number of fused-ring (bicyclic) bond motifs is 2. The number of sulfone groups is 1. The van der Waals surface area contributed by atoms with Gasteiger partial charge in [0.15, 0.2) is 9.84 Å². The Labute approximate surface area is 208 Å². The van der Waals surface area contributed by atoms with Crippen molar-refractivity contribution in [2.75, 3.05) is 20.0 Å². The first-order chi connectivity index (χ1) is 17.2. The van der Waals surface area contributed by atoms with Crippen LogP contribution in [0.2, 0.25) is 0 Å². The molecule has 0 fully saturated rings. The monoisotopic (exact) mass is 512 g/mol. The maximum Gasteiger partial charge on any atom is 0.306 e. The highest BCUT2D eigenvalue weighted by Gasteiger charge is 2.32. The van der Waals surface area contributed by atoms with E-state index in [-0.39, 0.29) is 29.0 Å². The zero-order chi connectivity index (χ0) is 25.4. The van der Waals surface area contributed by atoms with Crippen molar-refractivity contribution < 1.29 is 36.6 Å². The van der Waals surface area contributed by atoms with Crippen LogP contribution in [0.5, 0.6) is 23.0 Å². The first-order valence-corrected chi connectivity index (χ1v) is 13.4. The first kappa shape index (κ1) is 24.1. The number of hydrogen-bond acceptors (Lipinski definition) is 7. The van der Waals surface area contributed by atoms with Gasteiger partial charge < -0.3 is 18.9 Å². The lowest BCUT2D eigenvalue weighted by molar-refractivity contribution is -0.141. The molecule has 2 aliphatic rings. The van der Waals surface area contributed by atoms with E-state index in [0.717, 1.165) is 17.4 Å². The summed E-state index contributed by atoms with van der Waals surface area (Å²) >= 11 is 0. The molecule has 1 aliphatic heterocycles. The topological polar surface area (TPSA) is 88.1 Å². The molecule has 0 amide bonds. The summed E-state index contributed by atoms with van der Waals surface area (Å²) in [7, 11) is -1.95. The molecule has 188 valence electrons. The Morgan fingerprint density at radius 3 is 2.56 bits per heavy atom. The SMILES string of the molecule is COC(=O)CC1COc2cc(O[C@@H]3CCc4c(Oc5ccc(S(C)(=O)=O)cc5)ccc(F)c43)ccc21. The van der Waals surface area contributed by atoms with Crippen LogP contribution in [-0.2, 0) is 25.8 Å². The number of esters is 1. The van der Waals surface area contributed by atoms with Crippen molar-refractivity contribution in [2.45, 2.75) is 36.2 Å². The molecule has 1 aliphatic carbocycles. The Balaban J connectivity index is 1.34. The first-order valence-electron chi connectivity index (χ1n) is 11.5. The van der Waals surface area contributed by atoms with Crippen molar-refractivity contribution in [1.82, 2.24) is 0 Å². The quantitative estimate of drug-likeness (QED) is 0.406. The van der Waals surface area contributed by atoms with E-state index in [0.29, 0.717) is 48.0 Å². The minimum Gasteiger partial charge on any atom is -0.492 e. The summed E-state index contributed by atoms with van der Waals surface area (Å²) in [6.45, 7) is 0.390. The highest BCUT2D eigenvalue weighted by molar-refractivity contribution is 7.90. The molecule has 9 heteroatoms. The summed E-state index contributed by atoms with van der Waals surface area (Å²) in [6, 6.07) is 14.5. The van der Waals surface area contributed by atoms with Gasteiger partial charge in [-0.3, -0.25) is 4.79 Å². The average molecular weight is 513 g/mol. The predicted octanol–water partition coefficient (Wildman–Crippen LogP) is 5.13. The van der Waals surface area contributed by atoms with Gasteiger partial charge in [-0.25, -0.2) is 12.8 Å². The maximum absolute atomic E-state index is 14.9. The second-order valence-corrected chi connectivity index (χ2v) is 10.9. The third kappa shape index (κ3) is 4.75. The lowest BCUT2D eigenvalue weighted by atomic mass is 9.98. The molecule has 36 heavy (non-hydrogen) atoms. The molecule has 3 aromatic rings. The van der Waals surface area contributed by atoms with Crippen LogP contribution in [0.15, 0.2) is 59.5 Å². The lowest BCUT2D eigenvalue weighted by Gasteiger charge is -2.17. The molecule has 7 nitrogen and oxygen atoms in total. The molecular weight excluding hydrogens is 487 g/mol. The summed E-state index contributed by atoms with van der Waals surface area (Å²) < 4.78 is 60.9. The van der Waals surface area contributed by atoms with Crippen LogP contribution >= 0.6 is 0 Å². The molecule has 3 aromatic carbocycles. The van der Waals surface area contributed by atoms with Gasteiger partial charge in [-0.15, -0.1) is 0 Å². The van der Waals surface area contributed by atoms with Gasteiger partial charge in [0, 0.05) is 34.9 Å².